The highest BCUT2D eigenvalue weighted by atomic mass is 16.5. The van der Waals surface area contributed by atoms with Crippen molar-refractivity contribution in [1.82, 2.24) is 25.6 Å². The summed E-state index contributed by atoms with van der Waals surface area (Å²) in [5.74, 6) is 1.83. The van der Waals surface area contributed by atoms with Crippen molar-refractivity contribution in [2.24, 2.45) is 0 Å². The Morgan fingerprint density at radius 1 is 0.931 bits per heavy atom. The molecule has 0 saturated carbocycles. The third-order valence-corrected chi connectivity index (χ3v) is 4.24. The molecule has 0 unspecified atom stereocenters. The smallest absolute Gasteiger partial charge is 0.257 e. The van der Waals surface area contributed by atoms with Crippen LogP contribution in [0, 0.1) is 0 Å². The lowest BCUT2D eigenvalue weighted by Gasteiger charge is -2.03. The van der Waals surface area contributed by atoms with E-state index in [0.717, 1.165) is 11.1 Å². The van der Waals surface area contributed by atoms with Crippen LogP contribution in [0.4, 0.5) is 0 Å². The minimum absolute atomic E-state index is 0.161. The van der Waals surface area contributed by atoms with Gasteiger partial charge in [0, 0.05) is 22.6 Å². The first-order valence-electron chi connectivity index (χ1n) is 9.20. The molecule has 0 atom stereocenters. The van der Waals surface area contributed by atoms with Gasteiger partial charge in [0.2, 0.25) is 11.7 Å². The molecule has 0 fully saturated rings. The Labute approximate surface area is 167 Å². The van der Waals surface area contributed by atoms with Crippen LogP contribution in [-0.2, 0) is 6.54 Å². The molecule has 0 aliphatic rings. The second-order valence-corrected chi connectivity index (χ2v) is 6.75. The van der Waals surface area contributed by atoms with E-state index in [-0.39, 0.29) is 18.4 Å². The second-order valence-electron chi connectivity index (χ2n) is 6.75. The van der Waals surface area contributed by atoms with Crippen molar-refractivity contribution in [3.8, 4) is 22.8 Å². The van der Waals surface area contributed by atoms with Gasteiger partial charge in [-0.05, 0) is 24.3 Å². The van der Waals surface area contributed by atoms with Gasteiger partial charge in [-0.15, -0.1) is 0 Å². The van der Waals surface area contributed by atoms with E-state index in [1.54, 1.807) is 24.3 Å². The first-order valence-corrected chi connectivity index (χ1v) is 9.20. The Morgan fingerprint density at radius 2 is 1.69 bits per heavy atom. The molecule has 146 valence electrons. The van der Waals surface area contributed by atoms with Gasteiger partial charge in [0.15, 0.2) is 5.82 Å². The van der Waals surface area contributed by atoms with Crippen LogP contribution < -0.4 is 5.32 Å². The summed E-state index contributed by atoms with van der Waals surface area (Å²) in [6.07, 6.45) is 0. The first-order chi connectivity index (χ1) is 14.1. The average molecular weight is 389 g/mol. The fourth-order valence-electron chi connectivity index (χ4n) is 2.64. The van der Waals surface area contributed by atoms with E-state index in [0.29, 0.717) is 29.0 Å². The summed E-state index contributed by atoms with van der Waals surface area (Å²) in [4.78, 5) is 21.0. The first kappa shape index (κ1) is 18.5. The Morgan fingerprint density at radius 3 is 2.38 bits per heavy atom. The van der Waals surface area contributed by atoms with Gasteiger partial charge in [0.1, 0.15) is 0 Å². The molecule has 0 radical (unpaired) electrons. The second kappa shape index (κ2) is 8.05. The van der Waals surface area contributed by atoms with Gasteiger partial charge in [-0.2, -0.15) is 9.97 Å². The maximum atomic E-state index is 12.4. The van der Waals surface area contributed by atoms with E-state index in [4.69, 9.17) is 9.05 Å². The fraction of sp³-hybridized carbons (Fsp3) is 0.190. The van der Waals surface area contributed by atoms with Gasteiger partial charge in [0.05, 0.1) is 6.54 Å². The predicted molar refractivity (Wildman–Crippen MR) is 105 cm³/mol. The zero-order chi connectivity index (χ0) is 20.2. The molecule has 0 aliphatic heterocycles. The predicted octanol–water partition coefficient (Wildman–Crippen LogP) is 3.84. The molecule has 4 aromatic rings. The average Bonchev–Trinajstić information content (AvgIpc) is 3.43. The highest BCUT2D eigenvalue weighted by Gasteiger charge is 2.13. The maximum absolute atomic E-state index is 12.4. The van der Waals surface area contributed by atoms with Crippen molar-refractivity contribution in [2.45, 2.75) is 26.3 Å². The van der Waals surface area contributed by atoms with Crippen LogP contribution >= 0.6 is 0 Å². The summed E-state index contributed by atoms with van der Waals surface area (Å²) in [6.45, 7) is 4.13. The van der Waals surface area contributed by atoms with E-state index in [1.165, 1.54) is 0 Å². The van der Waals surface area contributed by atoms with Crippen molar-refractivity contribution in [3.63, 3.8) is 0 Å². The minimum atomic E-state index is -0.237. The third kappa shape index (κ3) is 4.21. The molecule has 0 aliphatic carbocycles. The third-order valence-electron chi connectivity index (χ3n) is 4.24. The summed E-state index contributed by atoms with van der Waals surface area (Å²) < 4.78 is 10.5. The SMILES string of the molecule is CC(C)c1nc(-c2ccc(C(=O)NCc3noc(-c4ccccc4)n3)cc2)no1. The van der Waals surface area contributed by atoms with Crippen molar-refractivity contribution in [3.05, 3.63) is 71.9 Å². The van der Waals surface area contributed by atoms with Crippen LogP contribution in [0.1, 0.15) is 41.8 Å². The number of hydrogen-bond donors (Lipinski definition) is 1. The zero-order valence-electron chi connectivity index (χ0n) is 16.0. The molecule has 0 saturated heterocycles. The summed E-state index contributed by atoms with van der Waals surface area (Å²) >= 11 is 0. The minimum Gasteiger partial charge on any atom is -0.345 e. The number of amides is 1. The number of carbonyl (C=O) groups excluding carboxylic acids is 1. The van der Waals surface area contributed by atoms with Gasteiger partial charge in [0.25, 0.3) is 11.8 Å². The molecule has 1 amide bonds. The quantitative estimate of drug-likeness (QED) is 0.534. The van der Waals surface area contributed by atoms with Crippen LogP contribution in [0.5, 0.6) is 0 Å². The van der Waals surface area contributed by atoms with E-state index in [9.17, 15) is 4.79 Å². The number of carbonyl (C=O) groups is 1. The van der Waals surface area contributed by atoms with Gasteiger partial charge >= 0.3 is 0 Å². The molecule has 2 aromatic carbocycles. The molecule has 4 rings (SSSR count). The molecule has 2 aromatic heterocycles. The monoisotopic (exact) mass is 389 g/mol. The van der Waals surface area contributed by atoms with E-state index < -0.39 is 0 Å². The standard InChI is InChI=1S/C21H19N5O3/c1-13(2)20-24-18(26-28-20)14-8-10-15(11-9-14)19(27)22-12-17-23-21(29-25-17)16-6-4-3-5-7-16/h3-11,13H,12H2,1-2H3,(H,22,27). The Bertz CT molecular complexity index is 1100. The lowest BCUT2D eigenvalue weighted by Crippen LogP contribution is -2.23. The van der Waals surface area contributed by atoms with Gasteiger partial charge < -0.3 is 14.4 Å². The molecule has 0 spiro atoms. The molecular weight excluding hydrogens is 370 g/mol. The largest absolute Gasteiger partial charge is 0.345 e. The molecule has 8 nitrogen and oxygen atoms in total. The van der Waals surface area contributed by atoms with Crippen molar-refractivity contribution in [2.75, 3.05) is 0 Å². The lowest BCUT2D eigenvalue weighted by molar-refractivity contribution is 0.0949. The normalized spacial score (nSPS) is 11.0. The van der Waals surface area contributed by atoms with E-state index in [2.05, 4.69) is 25.6 Å². The van der Waals surface area contributed by atoms with Crippen LogP contribution in [0.3, 0.4) is 0 Å². The summed E-state index contributed by atoms with van der Waals surface area (Å²) in [6, 6.07) is 16.4. The highest BCUT2D eigenvalue weighted by molar-refractivity contribution is 5.94. The number of nitrogens with one attached hydrogen (secondary N) is 1. The summed E-state index contributed by atoms with van der Waals surface area (Å²) in [5.41, 5.74) is 2.12. The molecular formula is C21H19N5O3. The number of nitrogens with zero attached hydrogens (tertiary/aromatic N) is 4. The number of benzene rings is 2. The van der Waals surface area contributed by atoms with Gasteiger partial charge in [-0.25, -0.2) is 0 Å². The van der Waals surface area contributed by atoms with Crippen LogP contribution in [0.2, 0.25) is 0 Å². The Hall–Kier alpha value is -3.81. The maximum Gasteiger partial charge on any atom is 0.257 e. The molecule has 8 heteroatoms. The molecule has 0 bridgehead atoms. The molecule has 1 N–H and O–H groups in total. The fourth-order valence-corrected chi connectivity index (χ4v) is 2.64. The van der Waals surface area contributed by atoms with Crippen molar-refractivity contribution in [1.29, 1.82) is 0 Å². The van der Waals surface area contributed by atoms with Crippen LogP contribution in [-0.4, -0.2) is 26.2 Å². The Balaban J connectivity index is 1.38. The van der Waals surface area contributed by atoms with Crippen LogP contribution in [0.25, 0.3) is 22.8 Å². The van der Waals surface area contributed by atoms with Gasteiger partial charge in [-0.1, -0.05) is 54.5 Å². The number of hydrogen-bond acceptors (Lipinski definition) is 7. The van der Waals surface area contributed by atoms with E-state index in [1.807, 2.05) is 44.2 Å². The number of rotatable bonds is 6. The molecule has 2 heterocycles. The van der Waals surface area contributed by atoms with Crippen molar-refractivity contribution < 1.29 is 13.8 Å². The number of aromatic nitrogens is 4. The van der Waals surface area contributed by atoms with Crippen LogP contribution in [0.15, 0.2) is 63.6 Å². The Kier molecular flexibility index (Phi) is 5.15. The highest BCUT2D eigenvalue weighted by Crippen LogP contribution is 2.20. The van der Waals surface area contributed by atoms with Gasteiger partial charge in [-0.3, -0.25) is 4.79 Å². The summed E-state index contributed by atoms with van der Waals surface area (Å²) in [7, 11) is 0. The van der Waals surface area contributed by atoms with E-state index >= 15 is 0 Å². The molecule has 29 heavy (non-hydrogen) atoms. The summed E-state index contributed by atoms with van der Waals surface area (Å²) in [5, 5.41) is 10.7. The zero-order valence-corrected chi connectivity index (χ0v) is 16.0. The topological polar surface area (TPSA) is 107 Å². The van der Waals surface area contributed by atoms with Crippen molar-refractivity contribution >= 4 is 5.91 Å². The lowest BCUT2D eigenvalue weighted by atomic mass is 10.1.